The van der Waals surface area contributed by atoms with Gasteiger partial charge in [0.05, 0.1) is 24.8 Å². The molecule has 0 atom stereocenters. The molecule has 5 nitrogen and oxygen atoms in total. The molecule has 1 amide bonds. The van der Waals surface area contributed by atoms with Gasteiger partial charge in [0.15, 0.2) is 0 Å². The Balaban J connectivity index is 1.91. The Morgan fingerprint density at radius 1 is 1.59 bits per heavy atom. The van der Waals surface area contributed by atoms with E-state index in [4.69, 9.17) is 0 Å². The number of amides is 1. The van der Waals surface area contributed by atoms with E-state index in [2.05, 4.69) is 34.1 Å². The third-order valence-corrected chi connectivity index (χ3v) is 3.17. The lowest BCUT2D eigenvalue weighted by atomic mass is 10.2. The molecule has 0 spiro atoms. The van der Waals surface area contributed by atoms with Gasteiger partial charge in [0.2, 0.25) is 0 Å². The summed E-state index contributed by atoms with van der Waals surface area (Å²) in [4.78, 5) is 22.6. The number of carbonyl (C=O) groups excluding carboxylic acids is 1. The number of rotatable bonds is 4. The minimum absolute atomic E-state index is 0.163. The molecule has 2 aromatic rings. The molecule has 6 heteroatoms. The molecule has 0 aliphatic rings. The van der Waals surface area contributed by atoms with Crippen LogP contribution in [0.2, 0.25) is 0 Å². The van der Waals surface area contributed by atoms with Crippen molar-refractivity contribution in [2.45, 2.75) is 26.3 Å². The van der Waals surface area contributed by atoms with E-state index in [1.807, 2.05) is 5.38 Å². The summed E-state index contributed by atoms with van der Waals surface area (Å²) in [6, 6.07) is 0. The maximum Gasteiger partial charge on any atom is 0.269 e. The van der Waals surface area contributed by atoms with Crippen LogP contribution in [0.25, 0.3) is 0 Å². The molecule has 0 radical (unpaired) electrons. The predicted octanol–water partition coefficient (Wildman–Crippen LogP) is 1.92. The monoisotopic (exact) mass is 250 g/mol. The first-order chi connectivity index (χ1) is 8.16. The summed E-state index contributed by atoms with van der Waals surface area (Å²) >= 11 is 1.57. The van der Waals surface area contributed by atoms with Gasteiger partial charge in [-0.25, -0.2) is 9.97 Å². The van der Waals surface area contributed by atoms with Crippen LogP contribution in [0.1, 0.15) is 41.0 Å². The number of aromatic nitrogens is 3. The van der Waals surface area contributed by atoms with Crippen LogP contribution in [0, 0.1) is 0 Å². The fraction of sp³-hybridized carbons (Fsp3) is 0.364. The first kappa shape index (κ1) is 11.8. The Labute approximate surface area is 103 Å². The number of aromatic amines is 1. The second-order valence-corrected chi connectivity index (χ2v) is 4.91. The fourth-order valence-electron chi connectivity index (χ4n) is 1.30. The van der Waals surface area contributed by atoms with Crippen LogP contribution < -0.4 is 5.32 Å². The van der Waals surface area contributed by atoms with Crippen LogP contribution in [-0.4, -0.2) is 20.9 Å². The second-order valence-electron chi connectivity index (χ2n) is 3.97. The summed E-state index contributed by atoms with van der Waals surface area (Å²) in [5.41, 5.74) is 1.53. The smallest absolute Gasteiger partial charge is 0.269 e. The molecule has 2 N–H and O–H groups in total. The number of hydrogen-bond acceptors (Lipinski definition) is 4. The summed E-state index contributed by atoms with van der Waals surface area (Å²) < 4.78 is 0. The molecule has 2 heterocycles. The van der Waals surface area contributed by atoms with Gasteiger partial charge in [0.25, 0.3) is 5.91 Å². The van der Waals surface area contributed by atoms with Crippen molar-refractivity contribution in [3.8, 4) is 0 Å². The molecule has 17 heavy (non-hydrogen) atoms. The molecule has 0 fully saturated rings. The van der Waals surface area contributed by atoms with Gasteiger partial charge in [-0.2, -0.15) is 0 Å². The normalized spacial score (nSPS) is 10.8. The van der Waals surface area contributed by atoms with Gasteiger partial charge in [-0.1, -0.05) is 13.8 Å². The predicted molar refractivity (Wildman–Crippen MR) is 66.0 cm³/mol. The number of H-pyrrole nitrogens is 1. The van der Waals surface area contributed by atoms with E-state index >= 15 is 0 Å². The molecular weight excluding hydrogens is 236 g/mol. The second kappa shape index (κ2) is 5.09. The minimum Gasteiger partial charge on any atom is -0.344 e. The molecule has 0 bridgehead atoms. The van der Waals surface area contributed by atoms with Gasteiger partial charge in [0, 0.05) is 5.38 Å². The summed E-state index contributed by atoms with van der Waals surface area (Å²) in [6.07, 6.45) is 2.98. The molecule has 0 aromatic carbocycles. The zero-order chi connectivity index (χ0) is 12.3. The molecule has 0 saturated heterocycles. The summed E-state index contributed by atoms with van der Waals surface area (Å²) in [7, 11) is 0. The Hall–Kier alpha value is -1.69. The van der Waals surface area contributed by atoms with E-state index in [1.54, 1.807) is 11.3 Å². The molecule has 2 aromatic heterocycles. The van der Waals surface area contributed by atoms with Crippen molar-refractivity contribution < 1.29 is 4.79 Å². The maximum absolute atomic E-state index is 11.6. The average Bonchev–Trinajstić information content (AvgIpc) is 2.97. The number of imidazole rings is 1. The van der Waals surface area contributed by atoms with Gasteiger partial charge >= 0.3 is 0 Å². The lowest BCUT2D eigenvalue weighted by molar-refractivity contribution is 0.0946. The quantitative estimate of drug-likeness (QED) is 0.871. The first-order valence-corrected chi connectivity index (χ1v) is 6.25. The van der Waals surface area contributed by atoms with Gasteiger partial charge in [-0.05, 0) is 5.92 Å². The van der Waals surface area contributed by atoms with Gasteiger partial charge in [-0.3, -0.25) is 4.79 Å². The first-order valence-electron chi connectivity index (χ1n) is 5.37. The summed E-state index contributed by atoms with van der Waals surface area (Å²) in [5.74, 6) is 0.257. The van der Waals surface area contributed by atoms with E-state index in [1.165, 1.54) is 12.5 Å². The molecule has 0 unspecified atom stereocenters. The number of nitrogens with zero attached hydrogens (tertiary/aromatic N) is 2. The average molecular weight is 250 g/mol. The van der Waals surface area contributed by atoms with Gasteiger partial charge in [0.1, 0.15) is 10.7 Å². The third-order valence-electron chi connectivity index (χ3n) is 2.30. The Bertz CT molecular complexity index is 489. The van der Waals surface area contributed by atoms with E-state index in [-0.39, 0.29) is 5.91 Å². The van der Waals surface area contributed by atoms with Crippen LogP contribution in [0.5, 0.6) is 0 Å². The molecular formula is C11H14N4OS. The number of nitrogens with one attached hydrogen (secondary N) is 2. The SMILES string of the molecule is CC(C)c1csc(CNC(=O)c2cnc[nH]2)n1. The molecule has 0 aliphatic carbocycles. The van der Waals surface area contributed by atoms with Crippen molar-refractivity contribution in [1.82, 2.24) is 20.3 Å². The number of thiazole rings is 1. The van der Waals surface area contributed by atoms with Crippen LogP contribution >= 0.6 is 11.3 Å². The van der Waals surface area contributed by atoms with Crippen molar-refractivity contribution in [1.29, 1.82) is 0 Å². The highest BCUT2D eigenvalue weighted by Crippen LogP contribution is 2.17. The number of carbonyl (C=O) groups is 1. The lowest BCUT2D eigenvalue weighted by Gasteiger charge is -2.00. The standard InChI is InChI=1S/C11H14N4OS/c1-7(2)9-5-17-10(15-9)4-13-11(16)8-3-12-6-14-8/h3,5-7H,4H2,1-2H3,(H,12,14)(H,13,16). The molecule has 90 valence electrons. The Morgan fingerprint density at radius 3 is 3.00 bits per heavy atom. The van der Waals surface area contributed by atoms with E-state index in [0.29, 0.717) is 18.2 Å². The van der Waals surface area contributed by atoms with Gasteiger partial charge < -0.3 is 10.3 Å². The molecule has 2 rings (SSSR count). The summed E-state index contributed by atoms with van der Waals surface area (Å²) in [5, 5.41) is 5.74. The van der Waals surface area contributed by atoms with E-state index in [9.17, 15) is 4.79 Å². The van der Waals surface area contributed by atoms with E-state index < -0.39 is 0 Å². The Morgan fingerprint density at radius 2 is 2.41 bits per heavy atom. The van der Waals surface area contributed by atoms with Crippen LogP contribution in [0.4, 0.5) is 0 Å². The highest BCUT2D eigenvalue weighted by atomic mass is 32.1. The Kier molecular flexibility index (Phi) is 3.53. The summed E-state index contributed by atoms with van der Waals surface area (Å²) in [6.45, 7) is 4.65. The largest absolute Gasteiger partial charge is 0.344 e. The van der Waals surface area contributed by atoms with Crippen molar-refractivity contribution >= 4 is 17.2 Å². The minimum atomic E-state index is -0.163. The van der Waals surface area contributed by atoms with Crippen molar-refractivity contribution in [3.63, 3.8) is 0 Å². The molecule has 0 saturated carbocycles. The van der Waals surface area contributed by atoms with Crippen LogP contribution in [0.15, 0.2) is 17.9 Å². The topological polar surface area (TPSA) is 70.7 Å². The van der Waals surface area contributed by atoms with E-state index in [0.717, 1.165) is 10.7 Å². The highest BCUT2D eigenvalue weighted by molar-refractivity contribution is 7.09. The lowest BCUT2D eigenvalue weighted by Crippen LogP contribution is -2.23. The highest BCUT2D eigenvalue weighted by Gasteiger charge is 2.09. The molecule has 0 aliphatic heterocycles. The maximum atomic E-state index is 11.6. The van der Waals surface area contributed by atoms with Crippen molar-refractivity contribution in [2.75, 3.05) is 0 Å². The van der Waals surface area contributed by atoms with Crippen LogP contribution in [-0.2, 0) is 6.54 Å². The zero-order valence-corrected chi connectivity index (χ0v) is 10.5. The third kappa shape index (κ3) is 2.91. The fourth-order valence-corrected chi connectivity index (χ4v) is 2.20. The van der Waals surface area contributed by atoms with Crippen molar-refractivity contribution in [2.24, 2.45) is 0 Å². The number of hydrogen-bond donors (Lipinski definition) is 2. The van der Waals surface area contributed by atoms with Crippen molar-refractivity contribution in [3.05, 3.63) is 34.3 Å². The van der Waals surface area contributed by atoms with Crippen LogP contribution in [0.3, 0.4) is 0 Å². The zero-order valence-electron chi connectivity index (χ0n) is 9.73. The van der Waals surface area contributed by atoms with Gasteiger partial charge in [-0.15, -0.1) is 11.3 Å².